The maximum absolute atomic E-state index is 12.0. The van der Waals surface area contributed by atoms with E-state index in [1.165, 1.54) is 11.7 Å². The van der Waals surface area contributed by atoms with Gasteiger partial charge in [-0.15, -0.1) is 5.10 Å². The van der Waals surface area contributed by atoms with Crippen LogP contribution in [-0.4, -0.2) is 43.2 Å². The number of rotatable bonds is 9. The minimum atomic E-state index is -3.59. The van der Waals surface area contributed by atoms with Crippen molar-refractivity contribution in [2.24, 2.45) is 7.05 Å². The molecule has 0 spiro atoms. The van der Waals surface area contributed by atoms with Gasteiger partial charge in [-0.3, -0.25) is 0 Å². The van der Waals surface area contributed by atoms with Gasteiger partial charge in [0.25, 0.3) is 10.0 Å². The summed E-state index contributed by atoms with van der Waals surface area (Å²) in [4.78, 5) is 0. The van der Waals surface area contributed by atoms with Crippen LogP contribution in [0.1, 0.15) is 26.2 Å². The van der Waals surface area contributed by atoms with E-state index >= 15 is 0 Å². The molecule has 0 saturated carbocycles. The molecule has 1 aromatic rings. The molecule has 0 fully saturated rings. The van der Waals surface area contributed by atoms with E-state index in [1.807, 2.05) is 0 Å². The fraction of sp³-hybridized carbons (Fsp3) is 0.800. The Balaban J connectivity index is 2.36. The second-order valence-electron chi connectivity index (χ2n) is 4.03. The number of nitrogens with zero attached hydrogens (tertiary/aromatic N) is 3. The maximum atomic E-state index is 12.0. The monoisotopic (exact) mass is 354 g/mol. The Hall–Kier alpha value is -0.510. The first-order valence-electron chi connectivity index (χ1n) is 6.11. The minimum absolute atomic E-state index is 0.0272. The molecular weight excluding hydrogens is 336 g/mol. The van der Waals surface area contributed by atoms with Gasteiger partial charge in [0.05, 0.1) is 0 Å². The summed E-state index contributed by atoms with van der Waals surface area (Å²) in [6.07, 6.45) is 2.75. The molecule has 0 saturated heterocycles. The van der Waals surface area contributed by atoms with Gasteiger partial charge in [0.2, 0.25) is 5.03 Å². The number of hydrogen-bond acceptors (Lipinski definition) is 5. The summed E-state index contributed by atoms with van der Waals surface area (Å²) in [6, 6.07) is 0. The summed E-state index contributed by atoms with van der Waals surface area (Å²) in [5, 5.41) is 7.31. The predicted octanol–water partition coefficient (Wildman–Crippen LogP) is 1.06. The molecular formula is C10H19BrN4O3S. The van der Waals surface area contributed by atoms with Crippen molar-refractivity contribution in [3.63, 3.8) is 0 Å². The highest BCUT2D eigenvalue weighted by molar-refractivity contribution is 9.10. The lowest BCUT2D eigenvalue weighted by Gasteiger charge is -2.07. The quantitative estimate of drug-likeness (QED) is 0.670. The summed E-state index contributed by atoms with van der Waals surface area (Å²) in [5.74, 6) is 0. The fourth-order valence-electron chi connectivity index (χ4n) is 1.41. The van der Waals surface area contributed by atoms with Gasteiger partial charge in [-0.1, -0.05) is 18.6 Å². The van der Waals surface area contributed by atoms with E-state index in [1.54, 1.807) is 0 Å². The van der Waals surface area contributed by atoms with Gasteiger partial charge in [-0.2, -0.15) is 0 Å². The number of unbranched alkanes of at least 4 members (excludes halogenated alkanes) is 1. The Bertz CT molecular complexity index is 469. The first-order chi connectivity index (χ1) is 8.99. The molecule has 19 heavy (non-hydrogen) atoms. The van der Waals surface area contributed by atoms with Crippen molar-refractivity contribution in [1.82, 2.24) is 19.7 Å². The van der Waals surface area contributed by atoms with Crippen LogP contribution >= 0.6 is 15.9 Å². The molecule has 0 aliphatic rings. The molecule has 0 unspecified atom stereocenters. The summed E-state index contributed by atoms with van der Waals surface area (Å²) in [6.45, 7) is 3.69. The Morgan fingerprint density at radius 1 is 1.37 bits per heavy atom. The summed E-state index contributed by atoms with van der Waals surface area (Å²) < 4.78 is 33.2. The third kappa shape index (κ3) is 5.17. The van der Waals surface area contributed by atoms with E-state index in [4.69, 9.17) is 4.74 Å². The van der Waals surface area contributed by atoms with E-state index < -0.39 is 10.0 Å². The molecule has 0 aromatic carbocycles. The lowest BCUT2D eigenvalue weighted by atomic mass is 10.4. The van der Waals surface area contributed by atoms with E-state index in [0.717, 1.165) is 19.4 Å². The molecule has 110 valence electrons. The molecule has 1 heterocycles. The summed E-state index contributed by atoms with van der Waals surface area (Å²) in [5.41, 5.74) is 0. The van der Waals surface area contributed by atoms with E-state index in [9.17, 15) is 8.42 Å². The van der Waals surface area contributed by atoms with Crippen molar-refractivity contribution >= 4 is 26.0 Å². The molecule has 0 radical (unpaired) electrons. The van der Waals surface area contributed by atoms with Crippen molar-refractivity contribution in [3.05, 3.63) is 4.60 Å². The number of sulfonamides is 1. The Morgan fingerprint density at radius 3 is 2.63 bits per heavy atom. The molecule has 0 atom stereocenters. The smallest absolute Gasteiger partial charge is 0.260 e. The SMILES string of the molecule is CCCCOCCCNS(=O)(=O)c1c(Br)nnn1C. The second-order valence-corrected chi connectivity index (χ2v) is 6.46. The molecule has 0 amide bonds. The first kappa shape index (κ1) is 16.5. The van der Waals surface area contributed by atoms with Crippen molar-refractivity contribution in [2.75, 3.05) is 19.8 Å². The van der Waals surface area contributed by atoms with Crippen molar-refractivity contribution in [3.8, 4) is 0 Å². The molecule has 0 aliphatic carbocycles. The number of aromatic nitrogens is 3. The molecule has 0 aliphatic heterocycles. The molecule has 1 rings (SSSR count). The number of nitrogens with one attached hydrogen (secondary N) is 1. The zero-order chi connectivity index (χ0) is 14.3. The molecule has 9 heteroatoms. The topological polar surface area (TPSA) is 86.1 Å². The first-order valence-corrected chi connectivity index (χ1v) is 8.39. The van der Waals surface area contributed by atoms with Gasteiger partial charge in [0.15, 0.2) is 4.60 Å². The average molecular weight is 355 g/mol. The Labute approximate surface area is 121 Å². The largest absolute Gasteiger partial charge is 0.381 e. The summed E-state index contributed by atoms with van der Waals surface area (Å²) in [7, 11) is -2.06. The lowest BCUT2D eigenvalue weighted by molar-refractivity contribution is 0.130. The summed E-state index contributed by atoms with van der Waals surface area (Å²) >= 11 is 3.07. The molecule has 0 bridgehead atoms. The van der Waals surface area contributed by atoms with Crippen LogP contribution in [-0.2, 0) is 21.8 Å². The van der Waals surface area contributed by atoms with Crippen LogP contribution in [0.25, 0.3) is 0 Å². The standard InChI is InChI=1S/C10H19BrN4O3S/c1-3-4-7-18-8-5-6-12-19(16,17)10-9(11)13-14-15(10)2/h12H,3-8H2,1-2H3. The van der Waals surface area contributed by atoms with E-state index in [-0.39, 0.29) is 9.63 Å². The van der Waals surface area contributed by atoms with Crippen LogP contribution in [0.5, 0.6) is 0 Å². The van der Waals surface area contributed by atoms with E-state index in [2.05, 4.69) is 37.9 Å². The van der Waals surface area contributed by atoms with Crippen LogP contribution in [0.3, 0.4) is 0 Å². The molecule has 1 aromatic heterocycles. The maximum Gasteiger partial charge on any atom is 0.260 e. The number of aryl methyl sites for hydroxylation is 1. The average Bonchev–Trinajstić information content (AvgIpc) is 2.68. The highest BCUT2D eigenvalue weighted by atomic mass is 79.9. The fourth-order valence-corrected chi connectivity index (χ4v) is 3.57. The van der Waals surface area contributed by atoms with Crippen molar-refractivity contribution < 1.29 is 13.2 Å². The van der Waals surface area contributed by atoms with Gasteiger partial charge < -0.3 is 4.74 Å². The van der Waals surface area contributed by atoms with Gasteiger partial charge in [0.1, 0.15) is 0 Å². The van der Waals surface area contributed by atoms with Gasteiger partial charge in [-0.25, -0.2) is 17.8 Å². The van der Waals surface area contributed by atoms with Crippen LogP contribution in [0.15, 0.2) is 9.63 Å². The minimum Gasteiger partial charge on any atom is -0.381 e. The van der Waals surface area contributed by atoms with Gasteiger partial charge >= 0.3 is 0 Å². The van der Waals surface area contributed by atoms with Crippen LogP contribution < -0.4 is 4.72 Å². The van der Waals surface area contributed by atoms with Crippen LogP contribution in [0, 0.1) is 0 Å². The Morgan fingerprint density at radius 2 is 2.05 bits per heavy atom. The lowest BCUT2D eigenvalue weighted by Crippen LogP contribution is -2.27. The van der Waals surface area contributed by atoms with Crippen molar-refractivity contribution in [1.29, 1.82) is 0 Å². The third-order valence-electron chi connectivity index (χ3n) is 2.39. The third-order valence-corrected chi connectivity index (χ3v) is 4.74. The van der Waals surface area contributed by atoms with Gasteiger partial charge in [0, 0.05) is 26.8 Å². The normalized spacial score (nSPS) is 11.9. The number of hydrogen-bond donors (Lipinski definition) is 1. The number of halogens is 1. The highest BCUT2D eigenvalue weighted by Gasteiger charge is 2.23. The molecule has 1 N–H and O–H groups in total. The second kappa shape index (κ2) is 7.93. The van der Waals surface area contributed by atoms with Crippen molar-refractivity contribution in [2.45, 2.75) is 31.2 Å². The number of ether oxygens (including phenoxy) is 1. The highest BCUT2D eigenvalue weighted by Crippen LogP contribution is 2.17. The molecule has 7 nitrogen and oxygen atoms in total. The predicted molar refractivity (Wildman–Crippen MR) is 74.2 cm³/mol. The Kier molecular flexibility index (Phi) is 6.90. The van der Waals surface area contributed by atoms with Crippen LogP contribution in [0.4, 0.5) is 0 Å². The van der Waals surface area contributed by atoms with Gasteiger partial charge in [-0.05, 0) is 28.8 Å². The van der Waals surface area contributed by atoms with E-state index in [0.29, 0.717) is 19.6 Å². The van der Waals surface area contributed by atoms with Crippen LogP contribution in [0.2, 0.25) is 0 Å². The zero-order valence-electron chi connectivity index (χ0n) is 11.1. The zero-order valence-corrected chi connectivity index (χ0v) is 13.5.